The predicted molar refractivity (Wildman–Crippen MR) is 87.3 cm³/mol. The summed E-state index contributed by atoms with van der Waals surface area (Å²) in [7, 11) is 0. The normalized spacial score (nSPS) is 13.2. The number of hydrogen-bond acceptors (Lipinski definition) is 2. The fourth-order valence-corrected chi connectivity index (χ4v) is 2.22. The Balaban J connectivity index is 2.55. The minimum atomic E-state index is 0.317. The van der Waals surface area contributed by atoms with E-state index in [1.165, 1.54) is 11.1 Å². The average molecular weight is 277 g/mol. The molecule has 114 valence electrons. The molecule has 0 aliphatic carbocycles. The topological polar surface area (TPSA) is 21.3 Å². The standard InChI is InChI=1S/C18H31NO/c1-14(2)12-19-13-18(10-11-20-15(3)4)17-8-6-16(5)7-9-17/h6-9,14-15,18-19H,10-13H2,1-5H3. The first-order valence-corrected chi connectivity index (χ1v) is 7.88. The van der Waals surface area contributed by atoms with Crippen molar-refractivity contribution in [1.29, 1.82) is 0 Å². The molecule has 0 fully saturated rings. The molecule has 2 heteroatoms. The van der Waals surface area contributed by atoms with Crippen molar-refractivity contribution in [2.45, 2.75) is 53.1 Å². The van der Waals surface area contributed by atoms with Crippen LogP contribution in [0.25, 0.3) is 0 Å². The van der Waals surface area contributed by atoms with E-state index in [1.807, 2.05) is 0 Å². The Bertz CT molecular complexity index is 342. The highest BCUT2D eigenvalue weighted by molar-refractivity contribution is 5.24. The van der Waals surface area contributed by atoms with Gasteiger partial charge in [-0.1, -0.05) is 43.7 Å². The lowest BCUT2D eigenvalue weighted by atomic mass is 9.95. The summed E-state index contributed by atoms with van der Waals surface area (Å²) in [5.41, 5.74) is 2.74. The quantitative estimate of drug-likeness (QED) is 0.732. The molecule has 0 aliphatic heterocycles. The molecule has 1 atom stereocenters. The van der Waals surface area contributed by atoms with Gasteiger partial charge >= 0.3 is 0 Å². The van der Waals surface area contributed by atoms with Crippen LogP contribution >= 0.6 is 0 Å². The van der Waals surface area contributed by atoms with Crippen LogP contribution in [-0.4, -0.2) is 25.8 Å². The molecule has 0 saturated carbocycles. The molecule has 1 N–H and O–H groups in total. The molecule has 0 amide bonds. The van der Waals surface area contributed by atoms with Gasteiger partial charge in [0, 0.05) is 13.2 Å². The van der Waals surface area contributed by atoms with Gasteiger partial charge in [0.2, 0.25) is 0 Å². The van der Waals surface area contributed by atoms with Crippen LogP contribution in [0.2, 0.25) is 0 Å². The van der Waals surface area contributed by atoms with E-state index >= 15 is 0 Å². The second kappa shape index (κ2) is 9.15. The van der Waals surface area contributed by atoms with Crippen molar-refractivity contribution >= 4 is 0 Å². The van der Waals surface area contributed by atoms with E-state index in [2.05, 4.69) is 64.2 Å². The van der Waals surface area contributed by atoms with Gasteiger partial charge in [-0.15, -0.1) is 0 Å². The molecule has 0 bridgehead atoms. The number of rotatable bonds is 9. The van der Waals surface area contributed by atoms with Crippen molar-refractivity contribution in [3.05, 3.63) is 35.4 Å². The molecule has 0 radical (unpaired) electrons. The van der Waals surface area contributed by atoms with Gasteiger partial charge in [-0.3, -0.25) is 0 Å². The average Bonchev–Trinajstić information content (AvgIpc) is 2.37. The summed E-state index contributed by atoms with van der Waals surface area (Å²) < 4.78 is 5.72. The third-order valence-electron chi connectivity index (χ3n) is 3.41. The molecule has 0 saturated heterocycles. The zero-order chi connectivity index (χ0) is 15.0. The molecule has 1 aromatic rings. The van der Waals surface area contributed by atoms with Gasteiger partial charge < -0.3 is 10.1 Å². The molecular weight excluding hydrogens is 246 g/mol. The second-order valence-electron chi connectivity index (χ2n) is 6.37. The number of ether oxygens (including phenoxy) is 1. The van der Waals surface area contributed by atoms with Gasteiger partial charge in [0.15, 0.2) is 0 Å². The van der Waals surface area contributed by atoms with Crippen LogP contribution in [-0.2, 0) is 4.74 Å². The van der Waals surface area contributed by atoms with E-state index in [0.717, 1.165) is 26.1 Å². The van der Waals surface area contributed by atoms with E-state index in [-0.39, 0.29) is 0 Å². The highest BCUT2D eigenvalue weighted by Gasteiger charge is 2.12. The summed E-state index contributed by atoms with van der Waals surface area (Å²) in [4.78, 5) is 0. The van der Waals surface area contributed by atoms with E-state index in [4.69, 9.17) is 4.74 Å². The van der Waals surface area contributed by atoms with Crippen molar-refractivity contribution in [3.63, 3.8) is 0 Å². The lowest BCUT2D eigenvalue weighted by molar-refractivity contribution is 0.0732. The number of nitrogens with one attached hydrogen (secondary N) is 1. The largest absolute Gasteiger partial charge is 0.379 e. The molecule has 20 heavy (non-hydrogen) atoms. The van der Waals surface area contributed by atoms with Crippen LogP contribution in [0.3, 0.4) is 0 Å². The van der Waals surface area contributed by atoms with Crippen molar-refractivity contribution in [3.8, 4) is 0 Å². The zero-order valence-electron chi connectivity index (χ0n) is 13.8. The van der Waals surface area contributed by atoms with Crippen LogP contribution in [0.1, 0.15) is 51.2 Å². The monoisotopic (exact) mass is 277 g/mol. The minimum absolute atomic E-state index is 0.317. The first-order valence-electron chi connectivity index (χ1n) is 7.88. The Morgan fingerprint density at radius 2 is 1.65 bits per heavy atom. The highest BCUT2D eigenvalue weighted by atomic mass is 16.5. The summed E-state index contributed by atoms with van der Waals surface area (Å²) in [6.45, 7) is 13.8. The fourth-order valence-electron chi connectivity index (χ4n) is 2.22. The maximum absolute atomic E-state index is 5.72. The van der Waals surface area contributed by atoms with Crippen LogP contribution in [0.15, 0.2) is 24.3 Å². The summed E-state index contributed by atoms with van der Waals surface area (Å²) in [6.07, 6.45) is 1.39. The number of aryl methyl sites for hydroxylation is 1. The second-order valence-corrected chi connectivity index (χ2v) is 6.37. The van der Waals surface area contributed by atoms with Gasteiger partial charge in [0.25, 0.3) is 0 Å². The van der Waals surface area contributed by atoms with E-state index in [9.17, 15) is 0 Å². The van der Waals surface area contributed by atoms with E-state index in [0.29, 0.717) is 17.9 Å². The Hall–Kier alpha value is -0.860. The third kappa shape index (κ3) is 7.06. The van der Waals surface area contributed by atoms with Gasteiger partial charge in [-0.25, -0.2) is 0 Å². The van der Waals surface area contributed by atoms with Gasteiger partial charge in [0.05, 0.1) is 6.10 Å². The summed E-state index contributed by atoms with van der Waals surface area (Å²) >= 11 is 0. The Morgan fingerprint density at radius 1 is 1.00 bits per heavy atom. The van der Waals surface area contributed by atoms with Crippen LogP contribution in [0, 0.1) is 12.8 Å². The van der Waals surface area contributed by atoms with E-state index < -0.39 is 0 Å². The Morgan fingerprint density at radius 3 is 2.20 bits per heavy atom. The molecular formula is C18H31NO. The third-order valence-corrected chi connectivity index (χ3v) is 3.41. The molecule has 0 heterocycles. The first-order chi connectivity index (χ1) is 9.49. The maximum Gasteiger partial charge on any atom is 0.0518 e. The lowest BCUT2D eigenvalue weighted by Crippen LogP contribution is -2.26. The summed E-state index contributed by atoms with van der Waals surface area (Å²) in [5.74, 6) is 1.23. The lowest BCUT2D eigenvalue weighted by Gasteiger charge is -2.20. The Kier molecular flexibility index (Phi) is 7.86. The zero-order valence-corrected chi connectivity index (χ0v) is 13.8. The molecule has 0 spiro atoms. The van der Waals surface area contributed by atoms with Gasteiger partial charge in [0.1, 0.15) is 0 Å². The SMILES string of the molecule is Cc1ccc(C(CCOC(C)C)CNCC(C)C)cc1. The molecule has 0 aliphatic rings. The Labute approximate surface area is 124 Å². The molecule has 0 aromatic heterocycles. The molecule has 1 unspecified atom stereocenters. The predicted octanol–water partition coefficient (Wildman–Crippen LogP) is 4.14. The van der Waals surface area contributed by atoms with Crippen LogP contribution in [0.5, 0.6) is 0 Å². The van der Waals surface area contributed by atoms with Crippen molar-refractivity contribution in [1.82, 2.24) is 5.32 Å². The molecule has 1 aromatic carbocycles. The fraction of sp³-hybridized carbons (Fsp3) is 0.667. The molecule has 2 nitrogen and oxygen atoms in total. The highest BCUT2D eigenvalue weighted by Crippen LogP contribution is 2.20. The summed E-state index contributed by atoms with van der Waals surface area (Å²) in [6, 6.07) is 8.92. The summed E-state index contributed by atoms with van der Waals surface area (Å²) in [5, 5.41) is 3.58. The van der Waals surface area contributed by atoms with Crippen LogP contribution < -0.4 is 5.32 Å². The van der Waals surface area contributed by atoms with Gasteiger partial charge in [-0.05, 0) is 51.1 Å². The smallest absolute Gasteiger partial charge is 0.0518 e. The molecule has 1 rings (SSSR count). The minimum Gasteiger partial charge on any atom is -0.379 e. The van der Waals surface area contributed by atoms with Crippen molar-refractivity contribution in [2.24, 2.45) is 5.92 Å². The van der Waals surface area contributed by atoms with Crippen molar-refractivity contribution in [2.75, 3.05) is 19.7 Å². The first kappa shape index (κ1) is 17.2. The van der Waals surface area contributed by atoms with Gasteiger partial charge in [-0.2, -0.15) is 0 Å². The maximum atomic E-state index is 5.72. The number of hydrogen-bond donors (Lipinski definition) is 1. The number of benzene rings is 1. The van der Waals surface area contributed by atoms with Crippen LogP contribution in [0.4, 0.5) is 0 Å². The van der Waals surface area contributed by atoms with Crippen molar-refractivity contribution < 1.29 is 4.74 Å². The van der Waals surface area contributed by atoms with E-state index in [1.54, 1.807) is 0 Å².